The van der Waals surface area contributed by atoms with Gasteiger partial charge in [-0.05, 0) is 40.2 Å². The number of nitrogens with zero attached hydrogens (tertiary/aromatic N) is 1. The minimum Gasteiger partial charge on any atom is -0.507 e. The molecule has 0 aliphatic carbocycles. The number of phenolic OH excluding ortho intramolecular Hbond substituents is 1. The Labute approximate surface area is 258 Å². The predicted octanol–water partition coefficient (Wildman–Crippen LogP) is 11.1. The van der Waals surface area contributed by atoms with Gasteiger partial charge in [0, 0.05) is 37.6 Å². The van der Waals surface area contributed by atoms with E-state index in [1.54, 1.807) is 11.3 Å². The second-order valence-corrected chi connectivity index (χ2v) is 14.2. The number of aromatic amines is 1. The van der Waals surface area contributed by atoms with E-state index in [-0.39, 0.29) is 10.8 Å². The first-order valence-corrected chi connectivity index (χ1v) is 15.6. The van der Waals surface area contributed by atoms with E-state index in [0.717, 1.165) is 55.5 Å². The lowest BCUT2D eigenvalue weighted by Gasteiger charge is -2.28. The molecule has 43 heavy (non-hydrogen) atoms. The molecule has 0 spiro atoms. The zero-order chi connectivity index (χ0) is 30.4. The van der Waals surface area contributed by atoms with Gasteiger partial charge in [-0.25, -0.2) is 4.98 Å². The number of hydrogen-bond acceptors (Lipinski definition) is 3. The number of thiophene rings is 1. The van der Waals surface area contributed by atoms with E-state index in [4.69, 9.17) is 4.98 Å². The maximum Gasteiger partial charge on any atom is 0.140 e. The minimum absolute atomic E-state index is 0.231. The molecule has 216 valence electrons. The normalized spacial score (nSPS) is 12.0. The number of phenols is 1. The first-order valence-electron chi connectivity index (χ1n) is 14.8. The van der Waals surface area contributed by atoms with Crippen LogP contribution in [-0.2, 0) is 10.8 Å². The average molecular weight is 583 g/mol. The molecule has 0 unspecified atom stereocenters. The number of aromatic hydroxyl groups is 1. The third-order valence-electron chi connectivity index (χ3n) is 7.85. The minimum atomic E-state index is -0.231. The molecule has 0 atom stereocenters. The lowest BCUT2D eigenvalue weighted by Crippen LogP contribution is -2.17. The molecule has 0 amide bonds. The summed E-state index contributed by atoms with van der Waals surface area (Å²) in [6.07, 6.45) is 0. The van der Waals surface area contributed by atoms with Crippen molar-refractivity contribution in [2.75, 3.05) is 0 Å². The lowest BCUT2D eigenvalue weighted by molar-refractivity contribution is 0.423. The van der Waals surface area contributed by atoms with Crippen molar-refractivity contribution in [1.82, 2.24) is 9.97 Å². The fraction of sp³-hybridized carbons (Fsp3) is 0.205. The molecule has 0 saturated carbocycles. The van der Waals surface area contributed by atoms with Crippen LogP contribution in [0.3, 0.4) is 0 Å². The Kier molecular flexibility index (Phi) is 7.35. The van der Waals surface area contributed by atoms with Gasteiger partial charge < -0.3 is 10.1 Å². The molecular formula is C39H38N2OS. The Morgan fingerprint density at radius 1 is 0.605 bits per heavy atom. The summed E-state index contributed by atoms with van der Waals surface area (Å²) in [6, 6.07) is 37.9. The Morgan fingerprint density at radius 2 is 1.09 bits per heavy atom. The van der Waals surface area contributed by atoms with Gasteiger partial charge in [0.05, 0.1) is 11.4 Å². The second-order valence-electron chi connectivity index (χ2n) is 13.2. The molecule has 0 fully saturated rings. The van der Waals surface area contributed by atoms with Crippen molar-refractivity contribution in [2.24, 2.45) is 0 Å². The molecule has 2 heterocycles. The van der Waals surface area contributed by atoms with E-state index >= 15 is 0 Å². The maximum absolute atomic E-state index is 11.5. The van der Waals surface area contributed by atoms with Crippen molar-refractivity contribution in [3.63, 3.8) is 0 Å². The van der Waals surface area contributed by atoms with E-state index in [9.17, 15) is 5.11 Å². The van der Waals surface area contributed by atoms with Crippen LogP contribution in [0.2, 0.25) is 0 Å². The van der Waals surface area contributed by atoms with E-state index in [0.29, 0.717) is 5.75 Å². The molecule has 2 aromatic heterocycles. The van der Waals surface area contributed by atoms with Crippen molar-refractivity contribution in [1.29, 1.82) is 0 Å². The predicted molar refractivity (Wildman–Crippen MR) is 183 cm³/mol. The quantitative estimate of drug-likeness (QED) is 0.212. The first kappa shape index (κ1) is 28.7. The van der Waals surface area contributed by atoms with Gasteiger partial charge in [-0.2, -0.15) is 0 Å². The molecule has 0 aliphatic heterocycles. The summed E-state index contributed by atoms with van der Waals surface area (Å²) in [4.78, 5) is 11.3. The van der Waals surface area contributed by atoms with Crippen LogP contribution in [-0.4, -0.2) is 15.1 Å². The summed E-state index contributed by atoms with van der Waals surface area (Å²) in [6.45, 7) is 13.0. The molecule has 4 aromatic carbocycles. The Balaban J connectivity index is 1.64. The van der Waals surface area contributed by atoms with Crippen LogP contribution in [0.5, 0.6) is 5.75 Å². The highest BCUT2D eigenvalue weighted by molar-refractivity contribution is 7.19. The summed E-state index contributed by atoms with van der Waals surface area (Å²) in [5.41, 5.74) is 8.83. The number of H-pyrrole nitrogens is 1. The Hall–Kier alpha value is -4.41. The van der Waals surface area contributed by atoms with Crippen LogP contribution < -0.4 is 0 Å². The van der Waals surface area contributed by atoms with Crippen LogP contribution in [0.4, 0.5) is 0 Å². The van der Waals surface area contributed by atoms with Gasteiger partial charge in [-0.3, -0.25) is 0 Å². The van der Waals surface area contributed by atoms with Crippen LogP contribution in [0.15, 0.2) is 109 Å². The lowest BCUT2D eigenvalue weighted by atomic mass is 9.78. The highest BCUT2D eigenvalue weighted by atomic mass is 32.1. The van der Waals surface area contributed by atoms with Crippen molar-refractivity contribution in [3.8, 4) is 60.5 Å². The van der Waals surface area contributed by atoms with Gasteiger partial charge >= 0.3 is 0 Å². The van der Waals surface area contributed by atoms with Crippen molar-refractivity contribution < 1.29 is 5.11 Å². The Bertz CT molecular complexity index is 1780. The summed E-state index contributed by atoms with van der Waals surface area (Å²) in [5.74, 6) is 1.22. The van der Waals surface area contributed by atoms with E-state index in [2.05, 4.69) is 144 Å². The van der Waals surface area contributed by atoms with Crippen LogP contribution >= 0.6 is 11.3 Å². The molecule has 0 radical (unpaired) electrons. The zero-order valence-corrected chi connectivity index (χ0v) is 26.5. The third kappa shape index (κ3) is 5.68. The number of benzene rings is 4. The zero-order valence-electron chi connectivity index (χ0n) is 25.7. The van der Waals surface area contributed by atoms with Crippen LogP contribution in [0.25, 0.3) is 54.8 Å². The molecule has 0 aliphatic rings. The van der Waals surface area contributed by atoms with Gasteiger partial charge in [0.15, 0.2) is 0 Å². The van der Waals surface area contributed by atoms with Gasteiger partial charge in [0.2, 0.25) is 0 Å². The molecule has 6 aromatic rings. The second kappa shape index (κ2) is 11.0. The monoisotopic (exact) mass is 582 g/mol. The number of rotatable bonds is 5. The molecule has 6 rings (SSSR count). The van der Waals surface area contributed by atoms with Gasteiger partial charge in [0.25, 0.3) is 0 Å². The summed E-state index contributed by atoms with van der Waals surface area (Å²) >= 11 is 1.77. The molecular weight excluding hydrogens is 545 g/mol. The van der Waals surface area contributed by atoms with E-state index in [1.165, 1.54) is 10.4 Å². The van der Waals surface area contributed by atoms with Crippen LogP contribution in [0.1, 0.15) is 52.7 Å². The SMILES string of the molecule is CC(C)(C)c1cc(-c2sc(-c3ccccc3)cc2-c2nc(-c3ccccc3)c(-c3ccccc3)[nH]2)cc(C(C)(C)C)c1O. The molecule has 4 heteroatoms. The fourth-order valence-corrected chi connectivity index (χ4v) is 6.71. The number of nitrogens with one attached hydrogen (secondary N) is 1. The standard InChI is InChI=1S/C39H38N2OS/c1-38(2,3)30-22-28(23-31(35(30)42)39(4,5)6)36-29(24-32(43-36)25-16-10-7-11-17-25)37-40-33(26-18-12-8-13-19-26)34(41-37)27-20-14-9-15-21-27/h7-24,42H,1-6H3,(H,40,41). The smallest absolute Gasteiger partial charge is 0.140 e. The summed E-state index contributed by atoms with van der Waals surface area (Å²) in [7, 11) is 0. The summed E-state index contributed by atoms with van der Waals surface area (Å²) in [5, 5.41) is 11.5. The number of imidazole rings is 1. The highest BCUT2D eigenvalue weighted by Gasteiger charge is 2.29. The van der Waals surface area contributed by atoms with Gasteiger partial charge in [0.1, 0.15) is 11.6 Å². The maximum atomic E-state index is 11.5. The van der Waals surface area contributed by atoms with Gasteiger partial charge in [-0.15, -0.1) is 11.3 Å². The van der Waals surface area contributed by atoms with E-state index < -0.39 is 0 Å². The molecule has 0 saturated heterocycles. The van der Waals surface area contributed by atoms with Gasteiger partial charge in [-0.1, -0.05) is 133 Å². The number of hydrogen-bond donors (Lipinski definition) is 2. The summed E-state index contributed by atoms with van der Waals surface area (Å²) < 4.78 is 0. The van der Waals surface area contributed by atoms with Crippen LogP contribution in [0, 0.1) is 0 Å². The van der Waals surface area contributed by atoms with Crippen molar-refractivity contribution >= 4 is 11.3 Å². The molecule has 3 nitrogen and oxygen atoms in total. The largest absolute Gasteiger partial charge is 0.507 e. The molecule has 2 N–H and O–H groups in total. The van der Waals surface area contributed by atoms with E-state index in [1.807, 2.05) is 12.1 Å². The highest BCUT2D eigenvalue weighted by Crippen LogP contribution is 2.48. The van der Waals surface area contributed by atoms with Crippen molar-refractivity contribution in [2.45, 2.75) is 52.4 Å². The van der Waals surface area contributed by atoms with Crippen molar-refractivity contribution in [3.05, 3.63) is 120 Å². The molecule has 0 bridgehead atoms. The Morgan fingerprint density at radius 3 is 1.60 bits per heavy atom. The fourth-order valence-electron chi connectivity index (χ4n) is 5.55. The average Bonchev–Trinajstić information content (AvgIpc) is 3.63. The topological polar surface area (TPSA) is 48.9 Å². The number of aromatic nitrogens is 2. The third-order valence-corrected chi connectivity index (χ3v) is 9.08. The first-order chi connectivity index (χ1) is 20.5.